The van der Waals surface area contributed by atoms with E-state index in [2.05, 4.69) is 29.7 Å². The first-order chi connectivity index (χ1) is 9.24. The van der Waals surface area contributed by atoms with E-state index in [-0.39, 0.29) is 6.04 Å². The number of nitrogens with one attached hydrogen (secondary N) is 2. The summed E-state index contributed by atoms with van der Waals surface area (Å²) in [6.45, 7) is 4.64. The average Bonchev–Trinajstić information content (AvgIpc) is 2.46. The maximum atomic E-state index is 5.52. The smallest absolute Gasteiger partial charge is 0.123 e. The number of ether oxygens (including phenoxy) is 2. The molecule has 2 N–H and O–H groups in total. The molecule has 2 unspecified atom stereocenters. The largest absolute Gasteiger partial charge is 0.496 e. The fourth-order valence-electron chi connectivity index (χ4n) is 2.58. The molecular weight excluding hydrogens is 240 g/mol. The van der Waals surface area contributed by atoms with Gasteiger partial charge in [0, 0.05) is 24.2 Å². The monoisotopic (exact) mass is 264 g/mol. The zero-order chi connectivity index (χ0) is 13.7. The first kappa shape index (κ1) is 14.3. The third kappa shape index (κ3) is 3.69. The maximum absolute atomic E-state index is 5.52. The van der Waals surface area contributed by atoms with Gasteiger partial charge in [0.1, 0.15) is 5.75 Å². The van der Waals surface area contributed by atoms with E-state index in [4.69, 9.17) is 9.47 Å². The van der Waals surface area contributed by atoms with E-state index in [1.165, 1.54) is 11.1 Å². The van der Waals surface area contributed by atoms with Crippen molar-refractivity contribution in [3.8, 4) is 5.75 Å². The summed E-state index contributed by atoms with van der Waals surface area (Å²) in [6.07, 6.45) is 0.996. The highest BCUT2D eigenvalue weighted by Gasteiger charge is 2.21. The SMILES string of the molecule is CNC(CC1COCCN1)c1cc(C)ccc1OC. The van der Waals surface area contributed by atoms with E-state index >= 15 is 0 Å². The number of methoxy groups -OCH3 is 1. The quantitative estimate of drug-likeness (QED) is 0.848. The Morgan fingerprint density at radius 3 is 3.00 bits per heavy atom. The molecule has 1 aliphatic heterocycles. The molecule has 0 aromatic heterocycles. The molecule has 2 rings (SSSR count). The van der Waals surface area contributed by atoms with Gasteiger partial charge >= 0.3 is 0 Å². The minimum Gasteiger partial charge on any atom is -0.496 e. The molecule has 0 aliphatic carbocycles. The number of hydrogen-bond acceptors (Lipinski definition) is 4. The zero-order valence-electron chi connectivity index (χ0n) is 12.0. The highest BCUT2D eigenvalue weighted by atomic mass is 16.5. The first-order valence-corrected chi connectivity index (χ1v) is 6.87. The molecule has 19 heavy (non-hydrogen) atoms. The van der Waals surface area contributed by atoms with Crippen LogP contribution in [0.3, 0.4) is 0 Å². The summed E-state index contributed by atoms with van der Waals surface area (Å²) < 4.78 is 11.0. The Hall–Kier alpha value is -1.10. The molecular formula is C15H24N2O2. The molecule has 1 aliphatic rings. The molecule has 2 atom stereocenters. The Bertz CT molecular complexity index is 403. The lowest BCUT2D eigenvalue weighted by Gasteiger charge is -2.28. The highest BCUT2D eigenvalue weighted by molar-refractivity contribution is 5.39. The van der Waals surface area contributed by atoms with Gasteiger partial charge in [0.05, 0.1) is 20.3 Å². The van der Waals surface area contributed by atoms with Gasteiger partial charge in [0.15, 0.2) is 0 Å². The molecule has 1 heterocycles. The van der Waals surface area contributed by atoms with Crippen molar-refractivity contribution in [2.75, 3.05) is 33.9 Å². The molecule has 0 radical (unpaired) electrons. The Morgan fingerprint density at radius 2 is 2.37 bits per heavy atom. The molecule has 4 heteroatoms. The number of hydrogen-bond donors (Lipinski definition) is 2. The van der Waals surface area contributed by atoms with Gasteiger partial charge in [-0.05, 0) is 26.5 Å². The van der Waals surface area contributed by atoms with Crippen molar-refractivity contribution in [3.63, 3.8) is 0 Å². The number of benzene rings is 1. The molecule has 1 saturated heterocycles. The molecule has 0 bridgehead atoms. The van der Waals surface area contributed by atoms with Gasteiger partial charge in [-0.15, -0.1) is 0 Å². The Kier molecular flexibility index (Phi) is 5.19. The zero-order valence-corrected chi connectivity index (χ0v) is 12.0. The van der Waals surface area contributed by atoms with Crippen LogP contribution in [0.1, 0.15) is 23.6 Å². The van der Waals surface area contributed by atoms with Crippen LogP contribution >= 0.6 is 0 Å². The topological polar surface area (TPSA) is 42.5 Å². The van der Waals surface area contributed by atoms with Gasteiger partial charge in [-0.2, -0.15) is 0 Å². The predicted octanol–water partition coefficient (Wildman–Crippen LogP) is 1.64. The molecule has 1 aromatic carbocycles. The van der Waals surface area contributed by atoms with Crippen LogP contribution in [0.4, 0.5) is 0 Å². The van der Waals surface area contributed by atoms with Crippen molar-refractivity contribution in [1.82, 2.24) is 10.6 Å². The van der Waals surface area contributed by atoms with Crippen LogP contribution in [-0.2, 0) is 4.74 Å². The summed E-state index contributed by atoms with van der Waals surface area (Å²) in [6, 6.07) is 6.99. The lowest BCUT2D eigenvalue weighted by Crippen LogP contribution is -2.43. The van der Waals surface area contributed by atoms with Gasteiger partial charge in [0.2, 0.25) is 0 Å². The Labute approximate surface area is 115 Å². The van der Waals surface area contributed by atoms with Gasteiger partial charge in [-0.1, -0.05) is 17.7 Å². The Balaban J connectivity index is 2.13. The second-order valence-electron chi connectivity index (χ2n) is 5.05. The van der Waals surface area contributed by atoms with Crippen LogP contribution in [0.5, 0.6) is 5.75 Å². The van der Waals surface area contributed by atoms with Crippen molar-refractivity contribution in [1.29, 1.82) is 0 Å². The van der Waals surface area contributed by atoms with Gasteiger partial charge in [-0.3, -0.25) is 0 Å². The molecule has 1 fully saturated rings. The van der Waals surface area contributed by atoms with Crippen LogP contribution < -0.4 is 15.4 Å². The lowest BCUT2D eigenvalue weighted by molar-refractivity contribution is 0.0707. The first-order valence-electron chi connectivity index (χ1n) is 6.87. The number of rotatable bonds is 5. The summed E-state index contributed by atoms with van der Waals surface area (Å²) in [7, 11) is 3.72. The summed E-state index contributed by atoms with van der Waals surface area (Å²) in [5.41, 5.74) is 2.47. The lowest BCUT2D eigenvalue weighted by atomic mass is 9.97. The number of morpholine rings is 1. The van der Waals surface area contributed by atoms with Crippen molar-refractivity contribution in [3.05, 3.63) is 29.3 Å². The second kappa shape index (κ2) is 6.89. The van der Waals surface area contributed by atoms with Crippen molar-refractivity contribution in [2.24, 2.45) is 0 Å². The van der Waals surface area contributed by atoms with E-state index in [1.807, 2.05) is 13.1 Å². The van der Waals surface area contributed by atoms with Crippen LogP contribution in [0, 0.1) is 6.92 Å². The summed E-state index contributed by atoms with van der Waals surface area (Å²) in [5, 5.41) is 6.89. The van der Waals surface area contributed by atoms with Crippen LogP contribution in [-0.4, -0.2) is 40.0 Å². The molecule has 0 saturated carbocycles. The van der Waals surface area contributed by atoms with E-state index in [0.717, 1.165) is 31.9 Å². The van der Waals surface area contributed by atoms with Crippen LogP contribution in [0.25, 0.3) is 0 Å². The molecule has 0 amide bonds. The third-order valence-corrected chi connectivity index (χ3v) is 3.63. The standard InChI is InChI=1S/C15H24N2O2/c1-11-4-5-15(18-3)13(8-11)14(16-2)9-12-10-19-7-6-17-12/h4-5,8,12,14,16-17H,6-7,9-10H2,1-3H3. The van der Waals surface area contributed by atoms with Gasteiger partial charge in [0.25, 0.3) is 0 Å². The molecule has 4 nitrogen and oxygen atoms in total. The fourth-order valence-corrected chi connectivity index (χ4v) is 2.58. The third-order valence-electron chi connectivity index (χ3n) is 3.63. The average molecular weight is 264 g/mol. The molecule has 106 valence electrons. The second-order valence-corrected chi connectivity index (χ2v) is 5.05. The summed E-state index contributed by atoms with van der Waals surface area (Å²) >= 11 is 0. The van der Waals surface area contributed by atoms with Crippen LogP contribution in [0.15, 0.2) is 18.2 Å². The minimum absolute atomic E-state index is 0.272. The molecule has 1 aromatic rings. The van der Waals surface area contributed by atoms with E-state index in [0.29, 0.717) is 6.04 Å². The van der Waals surface area contributed by atoms with E-state index in [1.54, 1.807) is 7.11 Å². The van der Waals surface area contributed by atoms with Crippen molar-refractivity contribution in [2.45, 2.75) is 25.4 Å². The summed E-state index contributed by atoms with van der Waals surface area (Å²) in [5.74, 6) is 0.946. The minimum atomic E-state index is 0.272. The molecule has 0 spiro atoms. The van der Waals surface area contributed by atoms with Crippen molar-refractivity contribution >= 4 is 0 Å². The highest BCUT2D eigenvalue weighted by Crippen LogP contribution is 2.29. The van der Waals surface area contributed by atoms with Crippen LogP contribution in [0.2, 0.25) is 0 Å². The van der Waals surface area contributed by atoms with E-state index < -0.39 is 0 Å². The van der Waals surface area contributed by atoms with Crippen molar-refractivity contribution < 1.29 is 9.47 Å². The van der Waals surface area contributed by atoms with Gasteiger partial charge in [-0.25, -0.2) is 0 Å². The predicted molar refractivity (Wildman–Crippen MR) is 76.8 cm³/mol. The maximum Gasteiger partial charge on any atom is 0.123 e. The Morgan fingerprint density at radius 1 is 1.53 bits per heavy atom. The normalized spacial score (nSPS) is 21.1. The fraction of sp³-hybridized carbons (Fsp3) is 0.600. The van der Waals surface area contributed by atoms with Gasteiger partial charge < -0.3 is 20.1 Å². The van der Waals surface area contributed by atoms with E-state index in [9.17, 15) is 0 Å². The summed E-state index contributed by atoms with van der Waals surface area (Å²) in [4.78, 5) is 0. The number of aryl methyl sites for hydroxylation is 1.